The van der Waals surface area contributed by atoms with E-state index in [1.165, 1.54) is 18.4 Å². The molecule has 0 radical (unpaired) electrons. The van der Waals surface area contributed by atoms with Crippen LogP contribution in [0.15, 0.2) is 30.3 Å². The minimum absolute atomic E-state index is 0.226. The molecule has 1 N–H and O–H groups in total. The number of rotatable bonds is 3. The van der Waals surface area contributed by atoms with Crippen LogP contribution < -0.4 is 5.32 Å². The molecule has 0 aliphatic heterocycles. The van der Waals surface area contributed by atoms with Crippen molar-refractivity contribution in [3.63, 3.8) is 0 Å². The molecule has 2 fully saturated rings. The molecular formula is C15H18BrNO. The Morgan fingerprint density at radius 3 is 2.50 bits per heavy atom. The maximum Gasteiger partial charge on any atom is 0.230 e. The largest absolute Gasteiger partial charge is 0.351 e. The molecule has 3 heteroatoms. The van der Waals surface area contributed by atoms with E-state index in [0.29, 0.717) is 10.9 Å². The Labute approximate surface area is 116 Å². The van der Waals surface area contributed by atoms with E-state index in [-0.39, 0.29) is 11.3 Å². The normalized spacial score (nSPS) is 28.9. The topological polar surface area (TPSA) is 29.1 Å². The summed E-state index contributed by atoms with van der Waals surface area (Å²) in [6.07, 6.45) is 5.46. The second-order valence-electron chi connectivity index (χ2n) is 5.47. The van der Waals surface area contributed by atoms with Gasteiger partial charge in [-0.05, 0) is 31.2 Å². The number of carbonyl (C=O) groups excluding carboxylic acids is 1. The highest BCUT2D eigenvalue weighted by atomic mass is 79.9. The van der Waals surface area contributed by atoms with Crippen LogP contribution >= 0.6 is 15.9 Å². The van der Waals surface area contributed by atoms with Crippen molar-refractivity contribution in [3.8, 4) is 0 Å². The molecule has 2 aliphatic carbocycles. The zero-order valence-corrected chi connectivity index (χ0v) is 11.9. The van der Waals surface area contributed by atoms with E-state index in [0.717, 1.165) is 19.3 Å². The Morgan fingerprint density at radius 2 is 1.94 bits per heavy atom. The number of alkyl halides is 1. The van der Waals surface area contributed by atoms with Crippen molar-refractivity contribution in [3.05, 3.63) is 35.9 Å². The average Bonchev–Trinajstić information content (AvgIpc) is 3.12. The Kier molecular flexibility index (Phi) is 3.18. The third kappa shape index (κ3) is 2.09. The number of hydrogen-bond acceptors (Lipinski definition) is 1. The minimum Gasteiger partial charge on any atom is -0.351 e. The van der Waals surface area contributed by atoms with Gasteiger partial charge in [0.2, 0.25) is 5.91 Å². The fourth-order valence-electron chi connectivity index (χ4n) is 2.91. The van der Waals surface area contributed by atoms with Crippen molar-refractivity contribution >= 4 is 21.8 Å². The first-order chi connectivity index (χ1) is 8.72. The van der Waals surface area contributed by atoms with Crippen LogP contribution in [0.25, 0.3) is 0 Å². The molecule has 0 bridgehead atoms. The van der Waals surface area contributed by atoms with Crippen molar-refractivity contribution in [1.29, 1.82) is 0 Å². The summed E-state index contributed by atoms with van der Waals surface area (Å²) in [5.74, 6) is 0.227. The van der Waals surface area contributed by atoms with Crippen molar-refractivity contribution in [2.45, 2.75) is 48.4 Å². The van der Waals surface area contributed by atoms with Crippen LogP contribution in [0.3, 0.4) is 0 Å². The molecule has 1 aromatic carbocycles. The number of benzene rings is 1. The molecule has 0 spiro atoms. The predicted molar refractivity (Wildman–Crippen MR) is 75.9 cm³/mol. The maximum atomic E-state index is 12.5. The van der Waals surface area contributed by atoms with Crippen LogP contribution in [-0.2, 0) is 10.2 Å². The van der Waals surface area contributed by atoms with Crippen LogP contribution in [0, 0.1) is 0 Å². The van der Waals surface area contributed by atoms with Gasteiger partial charge < -0.3 is 5.32 Å². The molecule has 2 unspecified atom stereocenters. The van der Waals surface area contributed by atoms with E-state index >= 15 is 0 Å². The molecule has 2 saturated carbocycles. The number of amides is 1. The van der Waals surface area contributed by atoms with Crippen molar-refractivity contribution in [1.82, 2.24) is 5.32 Å². The molecule has 2 aliphatic rings. The van der Waals surface area contributed by atoms with Gasteiger partial charge in [-0.3, -0.25) is 4.79 Å². The Bertz CT molecular complexity index is 441. The first-order valence-corrected chi connectivity index (χ1v) is 7.64. The van der Waals surface area contributed by atoms with Gasteiger partial charge in [-0.1, -0.05) is 52.7 Å². The molecule has 1 amide bonds. The Balaban J connectivity index is 1.73. The third-order valence-electron chi connectivity index (χ3n) is 4.26. The summed E-state index contributed by atoms with van der Waals surface area (Å²) in [5, 5.41) is 3.24. The van der Waals surface area contributed by atoms with Crippen molar-refractivity contribution in [2.24, 2.45) is 0 Å². The summed E-state index contributed by atoms with van der Waals surface area (Å²) >= 11 is 3.66. The summed E-state index contributed by atoms with van der Waals surface area (Å²) in [7, 11) is 0. The number of carbonyl (C=O) groups is 1. The van der Waals surface area contributed by atoms with Crippen molar-refractivity contribution < 1.29 is 4.79 Å². The van der Waals surface area contributed by atoms with Gasteiger partial charge in [0.15, 0.2) is 0 Å². The zero-order valence-electron chi connectivity index (χ0n) is 10.4. The first kappa shape index (κ1) is 12.2. The molecule has 18 heavy (non-hydrogen) atoms. The van der Waals surface area contributed by atoms with Crippen LogP contribution in [0.4, 0.5) is 0 Å². The molecule has 96 valence electrons. The van der Waals surface area contributed by atoms with Gasteiger partial charge in [0, 0.05) is 10.9 Å². The SMILES string of the molecule is O=C(NC1CCCC1Br)C1(c2ccccc2)CC1. The fourth-order valence-corrected chi connectivity index (χ4v) is 3.63. The zero-order chi connectivity index (χ0) is 12.6. The van der Waals surface area contributed by atoms with E-state index in [1.54, 1.807) is 0 Å². The second kappa shape index (κ2) is 4.69. The van der Waals surface area contributed by atoms with Crippen molar-refractivity contribution in [2.75, 3.05) is 0 Å². The van der Waals surface area contributed by atoms with Crippen LogP contribution in [0.5, 0.6) is 0 Å². The average molecular weight is 308 g/mol. The summed E-state index contributed by atoms with van der Waals surface area (Å²) in [4.78, 5) is 12.9. The fraction of sp³-hybridized carbons (Fsp3) is 0.533. The molecule has 1 aromatic rings. The second-order valence-corrected chi connectivity index (χ2v) is 6.65. The highest BCUT2D eigenvalue weighted by molar-refractivity contribution is 9.09. The molecule has 0 aromatic heterocycles. The smallest absolute Gasteiger partial charge is 0.230 e. The van der Waals surface area contributed by atoms with Gasteiger partial charge in [-0.25, -0.2) is 0 Å². The molecule has 0 heterocycles. The molecular weight excluding hydrogens is 290 g/mol. The van der Waals surface area contributed by atoms with E-state index in [9.17, 15) is 4.79 Å². The molecule has 2 nitrogen and oxygen atoms in total. The maximum absolute atomic E-state index is 12.5. The number of halogens is 1. The van der Waals surface area contributed by atoms with Crippen LogP contribution in [-0.4, -0.2) is 16.8 Å². The molecule has 0 saturated heterocycles. The van der Waals surface area contributed by atoms with E-state index in [2.05, 4.69) is 33.4 Å². The van der Waals surface area contributed by atoms with Gasteiger partial charge in [-0.2, -0.15) is 0 Å². The minimum atomic E-state index is -0.226. The third-order valence-corrected chi connectivity index (χ3v) is 5.36. The molecule has 2 atom stereocenters. The standard InChI is InChI=1S/C15H18BrNO/c16-12-7-4-8-13(12)17-14(18)15(9-10-15)11-5-2-1-3-6-11/h1-3,5-6,12-13H,4,7-10H2,(H,17,18). The van der Waals surface area contributed by atoms with Crippen LogP contribution in [0.2, 0.25) is 0 Å². The quantitative estimate of drug-likeness (QED) is 0.854. The number of hydrogen-bond donors (Lipinski definition) is 1. The van der Waals surface area contributed by atoms with Crippen LogP contribution in [0.1, 0.15) is 37.7 Å². The Hall–Kier alpha value is -0.830. The van der Waals surface area contributed by atoms with Gasteiger partial charge in [0.25, 0.3) is 0 Å². The lowest BCUT2D eigenvalue weighted by molar-refractivity contribution is -0.124. The highest BCUT2D eigenvalue weighted by Crippen LogP contribution is 2.48. The summed E-state index contributed by atoms with van der Waals surface area (Å²) in [5.41, 5.74) is 0.947. The van der Waals surface area contributed by atoms with Gasteiger partial charge in [0.05, 0.1) is 5.41 Å². The van der Waals surface area contributed by atoms with E-state index in [4.69, 9.17) is 0 Å². The lowest BCUT2D eigenvalue weighted by Gasteiger charge is -2.21. The molecule has 3 rings (SSSR count). The van der Waals surface area contributed by atoms with E-state index in [1.807, 2.05) is 18.2 Å². The van der Waals surface area contributed by atoms with E-state index < -0.39 is 0 Å². The summed E-state index contributed by atoms with van der Waals surface area (Å²) < 4.78 is 0. The number of nitrogens with one attached hydrogen (secondary N) is 1. The first-order valence-electron chi connectivity index (χ1n) is 6.73. The highest BCUT2D eigenvalue weighted by Gasteiger charge is 2.51. The van der Waals surface area contributed by atoms with Gasteiger partial charge >= 0.3 is 0 Å². The summed E-state index contributed by atoms with van der Waals surface area (Å²) in [6, 6.07) is 10.5. The Morgan fingerprint density at radius 1 is 1.22 bits per heavy atom. The van der Waals surface area contributed by atoms with Gasteiger partial charge in [0.1, 0.15) is 0 Å². The lowest BCUT2D eigenvalue weighted by atomic mass is 9.94. The lowest BCUT2D eigenvalue weighted by Crippen LogP contribution is -2.43. The predicted octanol–water partition coefficient (Wildman–Crippen LogP) is 3.15. The monoisotopic (exact) mass is 307 g/mol. The van der Waals surface area contributed by atoms with Gasteiger partial charge in [-0.15, -0.1) is 0 Å². The summed E-state index contributed by atoms with van der Waals surface area (Å²) in [6.45, 7) is 0.